The van der Waals surface area contributed by atoms with Gasteiger partial charge >= 0.3 is 0 Å². The molecule has 0 spiro atoms. The van der Waals surface area contributed by atoms with E-state index in [1.165, 1.54) is 11.3 Å². The Kier molecular flexibility index (Phi) is 4.34. The predicted molar refractivity (Wildman–Crippen MR) is 81.7 cm³/mol. The molecule has 0 bridgehead atoms. The number of pyridine rings is 2. The molecular formula is C15H12F2N4S. The van der Waals surface area contributed by atoms with Gasteiger partial charge in [0.2, 0.25) is 0 Å². The van der Waals surface area contributed by atoms with Crippen LogP contribution in [0.25, 0.3) is 11.4 Å². The first-order chi connectivity index (χ1) is 10.7. The summed E-state index contributed by atoms with van der Waals surface area (Å²) in [5, 5.41) is 5.54. The molecule has 3 aromatic heterocycles. The summed E-state index contributed by atoms with van der Waals surface area (Å²) in [5.41, 5.74) is 1.46. The lowest BCUT2D eigenvalue weighted by Crippen LogP contribution is -2.08. The van der Waals surface area contributed by atoms with E-state index in [9.17, 15) is 8.78 Å². The normalized spacial score (nSPS) is 10.6. The molecule has 0 aliphatic rings. The van der Waals surface area contributed by atoms with E-state index in [1.807, 2.05) is 23.6 Å². The second-order valence-corrected chi connectivity index (χ2v) is 5.44. The molecule has 0 aliphatic heterocycles. The van der Waals surface area contributed by atoms with Crippen molar-refractivity contribution in [3.05, 3.63) is 58.8 Å². The first kappa shape index (κ1) is 14.5. The largest absolute Gasteiger partial charge is 0.380 e. The van der Waals surface area contributed by atoms with Crippen LogP contribution in [0.1, 0.15) is 5.01 Å². The molecule has 7 heteroatoms. The first-order valence-electron chi connectivity index (χ1n) is 6.63. The number of halogens is 2. The molecule has 1 N–H and O–H groups in total. The highest BCUT2D eigenvalue weighted by atomic mass is 32.1. The average molecular weight is 318 g/mol. The molecule has 0 aromatic carbocycles. The van der Waals surface area contributed by atoms with Gasteiger partial charge in [-0.3, -0.25) is 9.97 Å². The van der Waals surface area contributed by atoms with Gasteiger partial charge in [-0.1, -0.05) is 6.07 Å². The fourth-order valence-electron chi connectivity index (χ4n) is 1.93. The second-order valence-electron chi connectivity index (χ2n) is 4.50. The van der Waals surface area contributed by atoms with Crippen LogP contribution in [-0.4, -0.2) is 21.5 Å². The van der Waals surface area contributed by atoms with Gasteiger partial charge in [0.1, 0.15) is 5.69 Å². The summed E-state index contributed by atoms with van der Waals surface area (Å²) in [6.07, 6.45) is 4.24. The van der Waals surface area contributed by atoms with Crippen LogP contribution in [0.5, 0.6) is 0 Å². The maximum Gasteiger partial charge on any atom is 0.167 e. The van der Waals surface area contributed by atoms with Crippen molar-refractivity contribution in [3.63, 3.8) is 0 Å². The average Bonchev–Trinajstić information content (AvgIpc) is 3.00. The van der Waals surface area contributed by atoms with Crippen molar-refractivity contribution in [1.82, 2.24) is 15.0 Å². The van der Waals surface area contributed by atoms with Crippen molar-refractivity contribution in [2.45, 2.75) is 6.42 Å². The Labute approximate surface area is 129 Å². The lowest BCUT2D eigenvalue weighted by atomic mass is 10.3. The maximum absolute atomic E-state index is 13.4. The summed E-state index contributed by atoms with van der Waals surface area (Å²) >= 11 is 1.50. The number of rotatable bonds is 5. The minimum absolute atomic E-state index is 0.156. The molecule has 3 heterocycles. The van der Waals surface area contributed by atoms with Gasteiger partial charge in [-0.25, -0.2) is 13.8 Å². The number of hydrogen-bond acceptors (Lipinski definition) is 5. The predicted octanol–water partition coefficient (Wildman–Crippen LogP) is 3.53. The van der Waals surface area contributed by atoms with Crippen LogP contribution < -0.4 is 5.32 Å². The molecular weight excluding hydrogens is 306 g/mol. The summed E-state index contributed by atoms with van der Waals surface area (Å²) in [6, 6.07) is 5.63. The molecule has 0 amide bonds. The van der Waals surface area contributed by atoms with Crippen molar-refractivity contribution in [3.8, 4) is 11.4 Å². The Morgan fingerprint density at radius 1 is 1.09 bits per heavy atom. The third kappa shape index (κ3) is 3.25. The minimum atomic E-state index is -0.701. The van der Waals surface area contributed by atoms with Gasteiger partial charge < -0.3 is 5.32 Å². The van der Waals surface area contributed by atoms with Gasteiger partial charge in [0, 0.05) is 24.5 Å². The summed E-state index contributed by atoms with van der Waals surface area (Å²) in [4.78, 5) is 12.1. The zero-order chi connectivity index (χ0) is 15.4. The van der Waals surface area contributed by atoms with Gasteiger partial charge in [0.15, 0.2) is 11.6 Å². The zero-order valence-corrected chi connectivity index (χ0v) is 12.3. The van der Waals surface area contributed by atoms with E-state index in [4.69, 9.17) is 0 Å². The van der Waals surface area contributed by atoms with Gasteiger partial charge in [-0.05, 0) is 12.1 Å². The highest BCUT2D eigenvalue weighted by Gasteiger charge is 2.09. The van der Waals surface area contributed by atoms with E-state index in [0.29, 0.717) is 13.0 Å². The Bertz CT molecular complexity index is 741. The van der Waals surface area contributed by atoms with E-state index in [0.717, 1.165) is 28.8 Å². The van der Waals surface area contributed by atoms with Crippen molar-refractivity contribution in [2.24, 2.45) is 0 Å². The summed E-state index contributed by atoms with van der Waals surface area (Å²) in [7, 11) is 0. The molecule has 0 unspecified atom stereocenters. The fraction of sp³-hybridized carbons (Fsp3) is 0.133. The van der Waals surface area contributed by atoms with Crippen molar-refractivity contribution < 1.29 is 8.78 Å². The van der Waals surface area contributed by atoms with Crippen LogP contribution >= 0.6 is 11.3 Å². The number of anilines is 1. The standard InChI is InChI=1S/C15H12F2N4S/c16-10-7-18-8-11(17)15(10)20-6-4-14-21-13(9-22-14)12-3-1-2-5-19-12/h1-3,5,7-9H,4,6H2,(H,18,20). The maximum atomic E-state index is 13.4. The molecule has 3 rings (SSSR count). The van der Waals surface area contributed by atoms with E-state index in [2.05, 4.69) is 20.3 Å². The van der Waals surface area contributed by atoms with Crippen LogP contribution in [0.2, 0.25) is 0 Å². The highest BCUT2D eigenvalue weighted by molar-refractivity contribution is 7.09. The number of thiazole rings is 1. The quantitative estimate of drug-likeness (QED) is 0.782. The van der Waals surface area contributed by atoms with Crippen molar-refractivity contribution in [1.29, 1.82) is 0 Å². The molecule has 0 fully saturated rings. The summed E-state index contributed by atoms with van der Waals surface area (Å²) < 4.78 is 26.8. The van der Waals surface area contributed by atoms with Crippen LogP contribution in [-0.2, 0) is 6.42 Å². The van der Waals surface area contributed by atoms with Crippen LogP contribution in [0.15, 0.2) is 42.2 Å². The fourth-order valence-corrected chi connectivity index (χ4v) is 2.72. The lowest BCUT2D eigenvalue weighted by molar-refractivity contribution is 0.578. The summed E-state index contributed by atoms with van der Waals surface area (Å²) in [6.45, 7) is 0.382. The topological polar surface area (TPSA) is 50.7 Å². The molecule has 22 heavy (non-hydrogen) atoms. The molecule has 0 radical (unpaired) electrons. The van der Waals surface area contributed by atoms with E-state index in [1.54, 1.807) is 6.20 Å². The molecule has 0 saturated heterocycles. The van der Waals surface area contributed by atoms with E-state index in [-0.39, 0.29) is 5.69 Å². The highest BCUT2D eigenvalue weighted by Crippen LogP contribution is 2.21. The molecule has 0 saturated carbocycles. The molecule has 0 atom stereocenters. The van der Waals surface area contributed by atoms with E-state index >= 15 is 0 Å². The SMILES string of the molecule is Fc1cncc(F)c1NCCc1nc(-c2ccccn2)cs1. The number of hydrogen-bond donors (Lipinski definition) is 1. The third-order valence-corrected chi connectivity index (χ3v) is 3.88. The lowest BCUT2D eigenvalue weighted by Gasteiger charge is -2.06. The Balaban J connectivity index is 1.62. The number of nitrogens with one attached hydrogen (secondary N) is 1. The van der Waals surface area contributed by atoms with Crippen molar-refractivity contribution >= 4 is 17.0 Å². The Morgan fingerprint density at radius 2 is 1.91 bits per heavy atom. The van der Waals surface area contributed by atoms with Gasteiger partial charge in [-0.2, -0.15) is 0 Å². The van der Waals surface area contributed by atoms with Gasteiger partial charge in [0.05, 0.1) is 28.8 Å². The number of aromatic nitrogens is 3. The van der Waals surface area contributed by atoms with E-state index < -0.39 is 11.6 Å². The molecule has 4 nitrogen and oxygen atoms in total. The first-order valence-corrected chi connectivity index (χ1v) is 7.50. The molecule has 0 aliphatic carbocycles. The Morgan fingerprint density at radius 3 is 2.64 bits per heavy atom. The van der Waals surface area contributed by atoms with Crippen molar-refractivity contribution in [2.75, 3.05) is 11.9 Å². The number of nitrogens with zero attached hydrogens (tertiary/aromatic N) is 3. The van der Waals surface area contributed by atoms with Gasteiger partial charge in [-0.15, -0.1) is 11.3 Å². The van der Waals surface area contributed by atoms with Crippen LogP contribution in [0.4, 0.5) is 14.5 Å². The minimum Gasteiger partial charge on any atom is -0.380 e. The second kappa shape index (κ2) is 6.57. The monoisotopic (exact) mass is 318 g/mol. The van der Waals surface area contributed by atoms with Crippen LogP contribution in [0, 0.1) is 11.6 Å². The van der Waals surface area contributed by atoms with Gasteiger partial charge in [0.25, 0.3) is 0 Å². The summed E-state index contributed by atoms with van der Waals surface area (Å²) in [5.74, 6) is -1.40. The molecule has 112 valence electrons. The zero-order valence-electron chi connectivity index (χ0n) is 11.5. The Hall–Kier alpha value is -2.41. The molecule has 3 aromatic rings. The van der Waals surface area contributed by atoms with Crippen LogP contribution in [0.3, 0.4) is 0 Å². The third-order valence-electron chi connectivity index (χ3n) is 2.97. The smallest absolute Gasteiger partial charge is 0.167 e.